The van der Waals surface area contributed by atoms with E-state index in [4.69, 9.17) is 9.47 Å². The van der Waals surface area contributed by atoms with Crippen LogP contribution in [0.15, 0.2) is 47.5 Å². The number of carbonyl (C=O) groups excluding carboxylic acids is 3. The fourth-order valence-corrected chi connectivity index (χ4v) is 5.81. The number of carbonyl (C=O) groups is 3. The van der Waals surface area contributed by atoms with Crippen molar-refractivity contribution in [3.63, 3.8) is 0 Å². The second-order valence-corrected chi connectivity index (χ2v) is 10.5. The molecule has 2 N–H and O–H groups in total. The predicted molar refractivity (Wildman–Crippen MR) is 143 cm³/mol. The van der Waals surface area contributed by atoms with Gasteiger partial charge in [0.25, 0.3) is 0 Å². The molecule has 38 heavy (non-hydrogen) atoms. The Bertz CT molecular complexity index is 1430. The molecule has 0 unspecified atom stereocenters. The predicted octanol–water partition coefficient (Wildman–Crippen LogP) is 2.97. The van der Waals surface area contributed by atoms with Crippen LogP contribution < -0.4 is 20.3 Å². The molecule has 0 bridgehead atoms. The van der Waals surface area contributed by atoms with Gasteiger partial charge in [-0.25, -0.2) is 9.78 Å². The van der Waals surface area contributed by atoms with Gasteiger partial charge in [0.15, 0.2) is 0 Å². The third-order valence-electron chi connectivity index (χ3n) is 6.91. The number of amides is 3. The molecule has 0 saturated carbocycles. The van der Waals surface area contributed by atoms with Gasteiger partial charge in [0.2, 0.25) is 17.7 Å². The Labute approximate surface area is 222 Å². The van der Waals surface area contributed by atoms with Gasteiger partial charge in [0, 0.05) is 35.9 Å². The van der Waals surface area contributed by atoms with Crippen molar-refractivity contribution in [1.29, 1.82) is 0 Å². The van der Waals surface area contributed by atoms with Crippen molar-refractivity contribution >= 4 is 57.8 Å². The molecule has 2 atom stereocenters. The fourth-order valence-electron chi connectivity index (χ4n) is 5.02. The lowest BCUT2D eigenvalue weighted by Gasteiger charge is -2.21. The number of nitrogens with one attached hydrogen (secondary N) is 2. The van der Waals surface area contributed by atoms with E-state index < -0.39 is 6.09 Å². The van der Waals surface area contributed by atoms with E-state index in [1.54, 1.807) is 36.4 Å². The molecule has 2 aromatic heterocycles. The number of fused-ring (bicyclic) bond motifs is 2. The molecule has 5 heterocycles. The number of anilines is 3. The number of nitrogens with zero attached hydrogens (tertiary/aromatic N) is 4. The highest BCUT2D eigenvalue weighted by Crippen LogP contribution is 2.35. The fraction of sp³-hybridized carbons (Fsp3) is 0.346. The molecule has 12 heteroatoms. The van der Waals surface area contributed by atoms with E-state index in [0.717, 1.165) is 11.4 Å². The van der Waals surface area contributed by atoms with E-state index in [-0.39, 0.29) is 23.8 Å². The summed E-state index contributed by atoms with van der Waals surface area (Å²) in [5.41, 5.74) is 3.24. The highest BCUT2D eigenvalue weighted by Gasteiger charge is 2.37. The van der Waals surface area contributed by atoms with Gasteiger partial charge >= 0.3 is 6.09 Å². The van der Waals surface area contributed by atoms with Gasteiger partial charge in [-0.2, -0.15) is 0 Å². The molecule has 11 nitrogen and oxygen atoms in total. The number of methoxy groups -OCH3 is 1. The number of hydrogen-bond acceptors (Lipinski definition) is 9. The zero-order valence-electron chi connectivity index (χ0n) is 20.7. The van der Waals surface area contributed by atoms with Crippen molar-refractivity contribution in [2.45, 2.75) is 17.4 Å². The third kappa shape index (κ3) is 4.84. The van der Waals surface area contributed by atoms with Crippen LogP contribution in [-0.2, 0) is 14.3 Å². The molecule has 0 aliphatic carbocycles. The maximum Gasteiger partial charge on any atom is 0.414 e. The highest BCUT2D eigenvalue weighted by molar-refractivity contribution is 8.00. The van der Waals surface area contributed by atoms with Gasteiger partial charge in [-0.1, -0.05) is 0 Å². The Balaban J connectivity index is 1.06. The van der Waals surface area contributed by atoms with Crippen molar-refractivity contribution in [3.8, 4) is 5.88 Å². The summed E-state index contributed by atoms with van der Waals surface area (Å²) in [4.78, 5) is 50.9. The molecule has 3 aliphatic rings. The summed E-state index contributed by atoms with van der Waals surface area (Å²) in [5, 5.41) is 5.87. The molecule has 3 aliphatic heterocycles. The van der Waals surface area contributed by atoms with Gasteiger partial charge in [0.05, 0.1) is 42.2 Å². The van der Waals surface area contributed by atoms with Crippen molar-refractivity contribution in [3.05, 3.63) is 42.6 Å². The number of hydrogen-bond donors (Lipinski definition) is 2. The van der Waals surface area contributed by atoms with Gasteiger partial charge < -0.3 is 20.1 Å². The van der Waals surface area contributed by atoms with E-state index in [1.807, 2.05) is 18.2 Å². The first-order valence-electron chi connectivity index (χ1n) is 12.3. The smallest absolute Gasteiger partial charge is 0.414 e. The monoisotopic (exact) mass is 534 g/mol. The number of ether oxygens (including phenoxy) is 2. The minimum Gasteiger partial charge on any atom is -0.481 e. The van der Waals surface area contributed by atoms with E-state index in [2.05, 4.69) is 25.5 Å². The summed E-state index contributed by atoms with van der Waals surface area (Å²) in [5.74, 6) is 0.511. The average molecular weight is 535 g/mol. The Morgan fingerprint density at radius 1 is 1.24 bits per heavy atom. The van der Waals surface area contributed by atoms with Gasteiger partial charge in [-0.3, -0.25) is 24.4 Å². The molecule has 0 radical (unpaired) electrons. The van der Waals surface area contributed by atoms with Gasteiger partial charge in [-0.15, -0.1) is 11.8 Å². The minimum atomic E-state index is -0.411. The average Bonchev–Trinajstić information content (AvgIpc) is 3.54. The van der Waals surface area contributed by atoms with Crippen molar-refractivity contribution < 1.29 is 23.9 Å². The largest absolute Gasteiger partial charge is 0.481 e. The summed E-state index contributed by atoms with van der Waals surface area (Å²) < 4.78 is 10.9. The lowest BCUT2D eigenvalue weighted by molar-refractivity contribution is -0.119. The lowest BCUT2D eigenvalue weighted by atomic mass is 10.1. The van der Waals surface area contributed by atoms with E-state index in [0.29, 0.717) is 65.8 Å². The van der Waals surface area contributed by atoms with Crippen LogP contribution >= 0.6 is 11.8 Å². The molecule has 3 aromatic rings. The number of likely N-dealkylation sites (tertiary alicyclic amines) is 1. The van der Waals surface area contributed by atoms with E-state index in [1.165, 1.54) is 11.8 Å². The molecule has 6 rings (SSSR count). The van der Waals surface area contributed by atoms with Crippen LogP contribution in [0, 0.1) is 5.92 Å². The van der Waals surface area contributed by atoms with Gasteiger partial charge in [-0.05, 0) is 43.3 Å². The Kier molecular flexibility index (Phi) is 6.50. The standard InChI is InChI=1S/C26H26N6O5S/c1-36-23-5-3-18-24(30-23)19(6-8-27-18)29-25(34)15-7-9-31(11-15)12-17-13-32(26(35)37-17)16-2-4-21-20(10-16)28-22(33)14-38-21/h2-6,8,10,15,17H,7,9,11-14H2,1H3,(H,28,33)(H,27,29,34)/t15-,17+/m0/s1. The first-order chi connectivity index (χ1) is 18.5. The number of benzene rings is 1. The van der Waals surface area contributed by atoms with E-state index >= 15 is 0 Å². The number of pyridine rings is 2. The highest BCUT2D eigenvalue weighted by atomic mass is 32.2. The summed E-state index contributed by atoms with van der Waals surface area (Å²) in [6.45, 7) is 2.25. The normalized spacial score (nSPS) is 21.2. The molecule has 2 fully saturated rings. The zero-order chi connectivity index (χ0) is 26.2. The molecular formula is C26H26N6O5S. The van der Waals surface area contributed by atoms with Crippen LogP contribution in [0.4, 0.5) is 21.9 Å². The van der Waals surface area contributed by atoms with Crippen molar-refractivity contribution in [1.82, 2.24) is 14.9 Å². The van der Waals surface area contributed by atoms with Crippen LogP contribution in [0.25, 0.3) is 11.0 Å². The minimum absolute atomic E-state index is 0.0535. The van der Waals surface area contributed by atoms with Crippen LogP contribution in [-0.4, -0.2) is 77.9 Å². The molecule has 3 amide bonds. The number of aromatic nitrogens is 2. The lowest BCUT2D eigenvalue weighted by Crippen LogP contribution is -2.35. The van der Waals surface area contributed by atoms with E-state index in [9.17, 15) is 14.4 Å². The summed E-state index contributed by atoms with van der Waals surface area (Å²) in [6, 6.07) is 10.9. The first kappa shape index (κ1) is 24.4. The number of thioether (sulfide) groups is 1. The quantitative estimate of drug-likeness (QED) is 0.491. The third-order valence-corrected chi connectivity index (χ3v) is 7.99. The topological polar surface area (TPSA) is 126 Å². The number of rotatable bonds is 6. The summed E-state index contributed by atoms with van der Waals surface area (Å²) >= 11 is 1.48. The second-order valence-electron chi connectivity index (χ2n) is 9.45. The summed E-state index contributed by atoms with van der Waals surface area (Å²) in [7, 11) is 1.54. The zero-order valence-corrected chi connectivity index (χ0v) is 21.5. The van der Waals surface area contributed by atoms with Crippen molar-refractivity contribution in [2.75, 3.05) is 54.6 Å². The summed E-state index contributed by atoms with van der Waals surface area (Å²) in [6.07, 6.45) is 1.62. The maximum atomic E-state index is 13.1. The van der Waals surface area contributed by atoms with Crippen LogP contribution in [0.3, 0.4) is 0 Å². The molecular weight excluding hydrogens is 508 g/mol. The van der Waals surface area contributed by atoms with Gasteiger partial charge in [0.1, 0.15) is 11.6 Å². The first-order valence-corrected chi connectivity index (χ1v) is 13.3. The molecule has 0 spiro atoms. The van der Waals surface area contributed by atoms with Crippen LogP contribution in [0.2, 0.25) is 0 Å². The molecule has 1 aromatic carbocycles. The second kappa shape index (κ2) is 10.1. The number of cyclic esters (lactones) is 1. The van der Waals surface area contributed by atoms with Crippen LogP contribution in [0.5, 0.6) is 5.88 Å². The maximum absolute atomic E-state index is 13.1. The SMILES string of the molecule is COc1ccc2nccc(NC(=O)[C@H]3CCN(C[C@@H]4CN(c5ccc6c(c5)NC(=O)CS6)C(=O)O4)C3)c2n1. The Morgan fingerprint density at radius 2 is 2.13 bits per heavy atom. The van der Waals surface area contributed by atoms with Crippen molar-refractivity contribution in [2.24, 2.45) is 5.92 Å². The Hall–Kier alpha value is -3.90. The molecule has 196 valence electrons. The van der Waals surface area contributed by atoms with Crippen LogP contribution in [0.1, 0.15) is 6.42 Å². The Morgan fingerprint density at radius 3 is 3.00 bits per heavy atom. The molecule has 2 saturated heterocycles.